The van der Waals surface area contributed by atoms with E-state index in [4.69, 9.17) is 4.74 Å². The third-order valence-corrected chi connectivity index (χ3v) is 6.23. The number of rotatable bonds is 3. The van der Waals surface area contributed by atoms with Crippen molar-refractivity contribution in [3.05, 3.63) is 95.8 Å². The maximum Gasteiger partial charge on any atom is 0.226 e. The third kappa shape index (κ3) is 4.11. The topological polar surface area (TPSA) is 29.5 Å². The second kappa shape index (κ2) is 8.03. The molecule has 1 fully saturated rings. The van der Waals surface area contributed by atoms with Crippen LogP contribution in [0.25, 0.3) is 17.2 Å². The van der Waals surface area contributed by atoms with Gasteiger partial charge in [0.2, 0.25) is 5.91 Å². The van der Waals surface area contributed by atoms with Crippen LogP contribution in [0.15, 0.2) is 78.9 Å². The van der Waals surface area contributed by atoms with E-state index in [0.717, 1.165) is 29.7 Å². The lowest BCUT2D eigenvalue weighted by molar-refractivity contribution is -0.133. The quantitative estimate of drug-likeness (QED) is 0.567. The predicted octanol–water partition coefficient (Wildman–Crippen LogP) is 5.50. The number of nitrogens with zero attached hydrogens (tertiary/aromatic N) is 1. The van der Waals surface area contributed by atoms with Crippen molar-refractivity contribution in [1.29, 1.82) is 0 Å². The number of ether oxygens (including phenoxy) is 1. The fourth-order valence-electron chi connectivity index (χ4n) is 4.37. The van der Waals surface area contributed by atoms with Crippen molar-refractivity contribution in [3.63, 3.8) is 0 Å². The summed E-state index contributed by atoms with van der Waals surface area (Å²) >= 11 is 0. The highest BCUT2D eigenvalue weighted by molar-refractivity contribution is 5.79. The van der Waals surface area contributed by atoms with Gasteiger partial charge in [0.15, 0.2) is 0 Å². The first-order valence-electron chi connectivity index (χ1n) is 10.7. The zero-order valence-corrected chi connectivity index (χ0v) is 17.3. The Morgan fingerprint density at radius 3 is 2.42 bits per heavy atom. The number of amides is 1. The van der Waals surface area contributed by atoms with E-state index in [1.54, 1.807) is 12.1 Å². The first-order chi connectivity index (χ1) is 15.1. The van der Waals surface area contributed by atoms with Gasteiger partial charge >= 0.3 is 0 Å². The Balaban J connectivity index is 1.24. The van der Waals surface area contributed by atoms with E-state index in [-0.39, 0.29) is 17.3 Å². The molecule has 2 aliphatic rings. The Labute approximate surface area is 181 Å². The smallest absolute Gasteiger partial charge is 0.226 e. The lowest BCUT2D eigenvalue weighted by atomic mass is 9.87. The van der Waals surface area contributed by atoms with Gasteiger partial charge in [0, 0.05) is 31.5 Å². The van der Waals surface area contributed by atoms with Crippen LogP contribution >= 0.6 is 0 Å². The number of likely N-dealkylation sites (tertiary alicyclic amines) is 1. The van der Waals surface area contributed by atoms with E-state index in [9.17, 15) is 9.18 Å². The predicted molar refractivity (Wildman–Crippen MR) is 120 cm³/mol. The highest BCUT2D eigenvalue weighted by Gasteiger charge is 2.37. The van der Waals surface area contributed by atoms with Gasteiger partial charge in [-0.2, -0.15) is 0 Å². The Kier molecular flexibility index (Phi) is 5.06. The van der Waals surface area contributed by atoms with E-state index >= 15 is 0 Å². The average molecular weight is 413 g/mol. The Morgan fingerprint density at radius 2 is 1.68 bits per heavy atom. The van der Waals surface area contributed by atoms with Gasteiger partial charge < -0.3 is 9.64 Å². The van der Waals surface area contributed by atoms with Crippen molar-refractivity contribution in [1.82, 2.24) is 4.90 Å². The van der Waals surface area contributed by atoms with Gasteiger partial charge in [-0.05, 0) is 47.0 Å². The fraction of sp³-hybridized carbons (Fsp3) is 0.222. The minimum absolute atomic E-state index is 0.0779. The van der Waals surface area contributed by atoms with Gasteiger partial charge in [-0.15, -0.1) is 0 Å². The van der Waals surface area contributed by atoms with Crippen LogP contribution in [0.1, 0.15) is 24.0 Å². The fourth-order valence-corrected chi connectivity index (χ4v) is 4.37. The molecule has 2 heterocycles. The minimum atomic E-state index is -0.353. The summed E-state index contributed by atoms with van der Waals surface area (Å²) in [7, 11) is 0. The molecule has 156 valence electrons. The first-order valence-corrected chi connectivity index (χ1v) is 10.7. The molecule has 1 amide bonds. The first kappa shape index (κ1) is 19.6. The molecule has 0 atom stereocenters. The molecule has 3 nitrogen and oxygen atoms in total. The van der Waals surface area contributed by atoms with Crippen LogP contribution in [0.3, 0.4) is 0 Å². The SMILES string of the molecule is O=C(Cc1ccc(F)cc1)N1CCC2(C=Cc3cc(-c4ccccc4)ccc3O2)CC1. The van der Waals surface area contributed by atoms with E-state index < -0.39 is 0 Å². The van der Waals surface area contributed by atoms with Crippen LogP contribution in [0, 0.1) is 5.82 Å². The Morgan fingerprint density at radius 1 is 0.935 bits per heavy atom. The molecule has 0 aliphatic carbocycles. The van der Waals surface area contributed by atoms with Crippen molar-refractivity contribution in [2.24, 2.45) is 0 Å². The molecule has 0 N–H and O–H groups in total. The highest BCUT2D eigenvalue weighted by Crippen LogP contribution is 2.38. The van der Waals surface area contributed by atoms with Gasteiger partial charge in [-0.3, -0.25) is 4.79 Å². The molecule has 0 unspecified atom stereocenters. The molecule has 2 aliphatic heterocycles. The molecule has 1 saturated heterocycles. The summed E-state index contributed by atoms with van der Waals surface area (Å²) < 4.78 is 19.5. The number of halogens is 1. The molecule has 0 saturated carbocycles. The normalized spacial score (nSPS) is 16.6. The number of piperidine rings is 1. The molecule has 1 spiro atoms. The summed E-state index contributed by atoms with van der Waals surface area (Å²) in [5.74, 6) is 0.691. The van der Waals surface area contributed by atoms with Crippen molar-refractivity contribution < 1.29 is 13.9 Å². The van der Waals surface area contributed by atoms with E-state index in [2.05, 4.69) is 42.5 Å². The standard InChI is InChI=1S/C27H24FNO2/c28-24-9-6-20(7-10-24)18-26(30)29-16-14-27(15-17-29)13-12-23-19-22(8-11-25(23)31-27)21-4-2-1-3-5-21/h1-13,19H,14-18H2. The summed E-state index contributed by atoms with van der Waals surface area (Å²) in [4.78, 5) is 14.6. The average Bonchev–Trinajstić information content (AvgIpc) is 2.81. The van der Waals surface area contributed by atoms with E-state index in [1.807, 2.05) is 23.1 Å². The summed E-state index contributed by atoms with van der Waals surface area (Å²) in [6, 6.07) is 22.8. The molecule has 3 aromatic rings. The van der Waals surface area contributed by atoms with E-state index in [0.29, 0.717) is 19.5 Å². The van der Waals surface area contributed by atoms with E-state index in [1.165, 1.54) is 23.3 Å². The van der Waals surface area contributed by atoms with Crippen LogP contribution in [0.5, 0.6) is 5.75 Å². The number of carbonyl (C=O) groups excluding carboxylic acids is 1. The zero-order valence-electron chi connectivity index (χ0n) is 17.3. The molecule has 4 heteroatoms. The maximum absolute atomic E-state index is 13.1. The molecule has 0 radical (unpaired) electrons. The lowest BCUT2D eigenvalue weighted by Gasteiger charge is -2.42. The number of hydrogen-bond donors (Lipinski definition) is 0. The highest BCUT2D eigenvalue weighted by atomic mass is 19.1. The van der Waals surface area contributed by atoms with Crippen molar-refractivity contribution in [2.45, 2.75) is 24.9 Å². The summed E-state index contributed by atoms with van der Waals surface area (Å²) in [5.41, 5.74) is 3.93. The van der Waals surface area contributed by atoms with Crippen molar-refractivity contribution in [2.75, 3.05) is 13.1 Å². The van der Waals surface area contributed by atoms with Crippen LogP contribution < -0.4 is 4.74 Å². The number of fused-ring (bicyclic) bond motifs is 1. The lowest BCUT2D eigenvalue weighted by Crippen LogP contribution is -2.49. The van der Waals surface area contributed by atoms with Gasteiger partial charge in [-0.25, -0.2) is 4.39 Å². The molecule has 31 heavy (non-hydrogen) atoms. The summed E-state index contributed by atoms with van der Waals surface area (Å²) in [5, 5.41) is 0. The van der Waals surface area contributed by atoms with Gasteiger partial charge in [-0.1, -0.05) is 54.6 Å². The number of hydrogen-bond acceptors (Lipinski definition) is 2. The molecular formula is C27H24FNO2. The maximum atomic E-state index is 13.1. The van der Waals surface area contributed by atoms with Gasteiger partial charge in [0.1, 0.15) is 17.2 Å². The minimum Gasteiger partial charge on any atom is -0.482 e. The van der Waals surface area contributed by atoms with Crippen molar-refractivity contribution in [3.8, 4) is 16.9 Å². The molecular weight excluding hydrogens is 389 g/mol. The largest absolute Gasteiger partial charge is 0.482 e. The summed E-state index contributed by atoms with van der Waals surface area (Å²) in [6.45, 7) is 1.31. The van der Waals surface area contributed by atoms with Gasteiger partial charge in [0.25, 0.3) is 0 Å². The van der Waals surface area contributed by atoms with Gasteiger partial charge in [0.05, 0.1) is 6.42 Å². The van der Waals surface area contributed by atoms with Crippen LogP contribution in [-0.2, 0) is 11.2 Å². The zero-order chi connectivity index (χ0) is 21.3. The number of benzene rings is 3. The molecule has 0 aromatic heterocycles. The van der Waals surface area contributed by atoms with Crippen LogP contribution in [0.4, 0.5) is 4.39 Å². The second-order valence-corrected chi connectivity index (χ2v) is 8.30. The number of carbonyl (C=O) groups is 1. The molecule has 0 bridgehead atoms. The molecule has 5 rings (SSSR count). The Bertz CT molecular complexity index is 1110. The monoisotopic (exact) mass is 413 g/mol. The second-order valence-electron chi connectivity index (χ2n) is 8.30. The van der Waals surface area contributed by atoms with Crippen LogP contribution in [0.2, 0.25) is 0 Å². The third-order valence-electron chi connectivity index (χ3n) is 6.23. The summed E-state index contributed by atoms with van der Waals surface area (Å²) in [6.07, 6.45) is 6.14. The van der Waals surface area contributed by atoms with Crippen LogP contribution in [-0.4, -0.2) is 29.5 Å². The Hall–Kier alpha value is -3.40. The van der Waals surface area contributed by atoms with Crippen molar-refractivity contribution >= 4 is 12.0 Å². The molecule has 3 aromatic carbocycles.